The maximum atomic E-state index is 13.6. The van der Waals surface area contributed by atoms with Gasteiger partial charge in [-0.25, -0.2) is 15.2 Å². The molecular formula is C11H7ClF4N4O. The summed E-state index contributed by atoms with van der Waals surface area (Å²) in [6, 6.07) is 4.80. The molecule has 10 heteroatoms. The van der Waals surface area contributed by atoms with Gasteiger partial charge in [0, 0.05) is 6.07 Å². The molecule has 0 saturated carbocycles. The Morgan fingerprint density at radius 1 is 1.24 bits per heavy atom. The zero-order valence-corrected chi connectivity index (χ0v) is 10.8. The first-order chi connectivity index (χ1) is 9.81. The topological polar surface area (TPSA) is 73.1 Å². The molecule has 1 heterocycles. The molecule has 0 saturated heterocycles. The SMILES string of the molecule is NNc1cc(Oc2cccc(Cl)c2F)nc(C(F)(F)F)n1. The van der Waals surface area contributed by atoms with Crippen LogP contribution in [0.25, 0.3) is 0 Å². The third-order valence-corrected chi connectivity index (χ3v) is 2.53. The maximum absolute atomic E-state index is 13.6. The van der Waals surface area contributed by atoms with E-state index in [1.54, 1.807) is 0 Å². The number of benzene rings is 1. The number of ether oxygens (including phenoxy) is 1. The van der Waals surface area contributed by atoms with Gasteiger partial charge in [0.2, 0.25) is 11.7 Å². The molecule has 0 aliphatic heterocycles. The molecule has 0 aliphatic carbocycles. The van der Waals surface area contributed by atoms with E-state index in [0.29, 0.717) is 0 Å². The largest absolute Gasteiger partial charge is 0.451 e. The first-order valence-corrected chi connectivity index (χ1v) is 5.74. The van der Waals surface area contributed by atoms with Gasteiger partial charge in [0.25, 0.3) is 0 Å². The van der Waals surface area contributed by atoms with Gasteiger partial charge in [0.1, 0.15) is 5.82 Å². The van der Waals surface area contributed by atoms with E-state index in [4.69, 9.17) is 22.2 Å². The van der Waals surface area contributed by atoms with Gasteiger partial charge >= 0.3 is 6.18 Å². The fourth-order valence-electron chi connectivity index (χ4n) is 1.35. The molecule has 3 N–H and O–H groups in total. The first-order valence-electron chi connectivity index (χ1n) is 5.36. The van der Waals surface area contributed by atoms with Crippen molar-refractivity contribution in [1.82, 2.24) is 9.97 Å². The highest BCUT2D eigenvalue weighted by atomic mass is 35.5. The Morgan fingerprint density at radius 2 is 1.95 bits per heavy atom. The lowest BCUT2D eigenvalue weighted by atomic mass is 10.3. The van der Waals surface area contributed by atoms with E-state index in [0.717, 1.165) is 6.07 Å². The van der Waals surface area contributed by atoms with Crippen LogP contribution in [0.2, 0.25) is 5.02 Å². The molecule has 5 nitrogen and oxygen atoms in total. The summed E-state index contributed by atoms with van der Waals surface area (Å²) >= 11 is 5.54. The molecule has 0 spiro atoms. The van der Waals surface area contributed by atoms with Crippen LogP contribution in [-0.2, 0) is 6.18 Å². The number of rotatable bonds is 3. The molecule has 0 atom stereocenters. The van der Waals surface area contributed by atoms with E-state index in [1.807, 2.05) is 5.43 Å². The second kappa shape index (κ2) is 5.70. The van der Waals surface area contributed by atoms with Gasteiger partial charge < -0.3 is 10.2 Å². The minimum absolute atomic E-state index is 0.241. The highest BCUT2D eigenvalue weighted by Gasteiger charge is 2.35. The Bertz CT molecular complexity index is 665. The third-order valence-electron chi connectivity index (χ3n) is 2.23. The number of anilines is 1. The number of nitrogen functional groups attached to an aromatic ring is 1. The second-order valence-electron chi connectivity index (χ2n) is 3.71. The van der Waals surface area contributed by atoms with Gasteiger partial charge in [-0.1, -0.05) is 17.7 Å². The van der Waals surface area contributed by atoms with Crippen LogP contribution >= 0.6 is 11.6 Å². The minimum atomic E-state index is -4.81. The van der Waals surface area contributed by atoms with E-state index in [9.17, 15) is 17.6 Å². The van der Waals surface area contributed by atoms with Crippen LogP contribution in [-0.4, -0.2) is 9.97 Å². The van der Waals surface area contributed by atoms with Crippen molar-refractivity contribution in [2.24, 2.45) is 5.84 Å². The van der Waals surface area contributed by atoms with Crippen molar-refractivity contribution in [3.05, 3.63) is 40.9 Å². The fraction of sp³-hybridized carbons (Fsp3) is 0.0909. The zero-order chi connectivity index (χ0) is 15.6. The molecule has 1 aromatic carbocycles. The minimum Gasteiger partial charge on any atom is -0.436 e. The fourth-order valence-corrected chi connectivity index (χ4v) is 1.52. The zero-order valence-electron chi connectivity index (χ0n) is 10.1. The van der Waals surface area contributed by atoms with Gasteiger partial charge in [0.05, 0.1) is 5.02 Å². The summed E-state index contributed by atoms with van der Waals surface area (Å²) in [6.07, 6.45) is -4.81. The smallest absolute Gasteiger partial charge is 0.436 e. The van der Waals surface area contributed by atoms with Gasteiger partial charge in [-0.3, -0.25) is 0 Å². The lowest BCUT2D eigenvalue weighted by Gasteiger charge is -2.11. The number of aromatic nitrogens is 2. The molecule has 2 aromatic rings. The number of halogens is 5. The van der Waals surface area contributed by atoms with Crippen LogP contribution < -0.4 is 16.0 Å². The van der Waals surface area contributed by atoms with Gasteiger partial charge in [-0.05, 0) is 12.1 Å². The molecule has 1 aromatic heterocycles. The van der Waals surface area contributed by atoms with Crippen molar-refractivity contribution in [1.29, 1.82) is 0 Å². The molecule has 2 rings (SSSR count). The number of hydrogen-bond donors (Lipinski definition) is 2. The standard InChI is InChI=1S/C11H7ClF4N4O/c12-5-2-1-3-6(9(5)13)21-8-4-7(20-17)18-10(19-8)11(14,15)16/h1-4H,17H2,(H,18,19,20). The van der Waals surface area contributed by atoms with E-state index < -0.39 is 23.7 Å². The van der Waals surface area contributed by atoms with Crippen molar-refractivity contribution in [3.63, 3.8) is 0 Å². The van der Waals surface area contributed by atoms with Crippen LogP contribution in [0.5, 0.6) is 11.6 Å². The first kappa shape index (κ1) is 15.3. The molecule has 0 unspecified atom stereocenters. The van der Waals surface area contributed by atoms with Crippen LogP contribution in [0.1, 0.15) is 5.82 Å². The van der Waals surface area contributed by atoms with Gasteiger partial charge in [-0.15, -0.1) is 0 Å². The highest BCUT2D eigenvalue weighted by molar-refractivity contribution is 6.30. The summed E-state index contributed by atoms with van der Waals surface area (Å²) in [5, 5.41) is -0.241. The van der Waals surface area contributed by atoms with E-state index in [-0.39, 0.29) is 16.6 Å². The second-order valence-corrected chi connectivity index (χ2v) is 4.12. The van der Waals surface area contributed by atoms with Crippen LogP contribution in [0.15, 0.2) is 24.3 Å². The van der Waals surface area contributed by atoms with E-state index >= 15 is 0 Å². The number of nitrogens with zero attached hydrogens (tertiary/aromatic N) is 2. The summed E-state index contributed by atoms with van der Waals surface area (Å²) in [5.74, 6) is 1.37. The number of alkyl halides is 3. The number of hydrazine groups is 1. The Morgan fingerprint density at radius 3 is 2.57 bits per heavy atom. The summed E-state index contributed by atoms with van der Waals surface area (Å²) in [5.41, 5.74) is 1.94. The quantitative estimate of drug-likeness (QED) is 0.515. The summed E-state index contributed by atoms with van der Waals surface area (Å²) in [4.78, 5) is 6.29. The Balaban J connectivity index is 2.42. The highest BCUT2D eigenvalue weighted by Crippen LogP contribution is 2.32. The number of nitrogens with one attached hydrogen (secondary N) is 1. The Labute approximate surface area is 120 Å². The molecule has 112 valence electrons. The van der Waals surface area contributed by atoms with Crippen molar-refractivity contribution in [2.45, 2.75) is 6.18 Å². The monoisotopic (exact) mass is 322 g/mol. The predicted octanol–water partition coefficient (Wildman–Crippen LogP) is 3.37. The van der Waals surface area contributed by atoms with Crippen molar-refractivity contribution >= 4 is 17.4 Å². The van der Waals surface area contributed by atoms with Crippen molar-refractivity contribution < 1.29 is 22.3 Å². The van der Waals surface area contributed by atoms with Crippen LogP contribution in [0, 0.1) is 5.82 Å². The molecule has 0 amide bonds. The van der Waals surface area contributed by atoms with E-state index in [1.165, 1.54) is 18.2 Å². The van der Waals surface area contributed by atoms with Crippen LogP contribution in [0.4, 0.5) is 23.4 Å². The average Bonchev–Trinajstić information content (AvgIpc) is 2.42. The third kappa shape index (κ3) is 3.50. The molecule has 0 fully saturated rings. The van der Waals surface area contributed by atoms with Gasteiger partial charge in [-0.2, -0.15) is 18.2 Å². The normalized spacial score (nSPS) is 11.3. The Hall–Kier alpha value is -2.13. The number of hydrogen-bond acceptors (Lipinski definition) is 5. The van der Waals surface area contributed by atoms with Crippen LogP contribution in [0.3, 0.4) is 0 Å². The Kier molecular flexibility index (Phi) is 4.14. The lowest BCUT2D eigenvalue weighted by molar-refractivity contribution is -0.145. The lowest BCUT2D eigenvalue weighted by Crippen LogP contribution is -2.16. The molecule has 0 bridgehead atoms. The van der Waals surface area contributed by atoms with E-state index in [2.05, 4.69) is 9.97 Å². The predicted molar refractivity (Wildman–Crippen MR) is 66.3 cm³/mol. The summed E-state index contributed by atoms with van der Waals surface area (Å²) in [7, 11) is 0. The maximum Gasteiger partial charge on any atom is 0.451 e. The van der Waals surface area contributed by atoms with Crippen molar-refractivity contribution in [3.8, 4) is 11.6 Å². The van der Waals surface area contributed by atoms with Crippen molar-refractivity contribution in [2.75, 3.05) is 5.43 Å². The summed E-state index contributed by atoms with van der Waals surface area (Å²) in [6.45, 7) is 0. The number of nitrogens with two attached hydrogens (primary N) is 1. The molecule has 0 aliphatic rings. The summed E-state index contributed by atoms with van der Waals surface area (Å²) < 4.78 is 56.5. The average molecular weight is 323 g/mol. The molecule has 21 heavy (non-hydrogen) atoms. The molecule has 0 radical (unpaired) electrons. The molecular weight excluding hydrogens is 316 g/mol. The van der Waals surface area contributed by atoms with Gasteiger partial charge in [0.15, 0.2) is 11.6 Å².